The monoisotopic (exact) mass is 288 g/mol. The molecule has 116 valence electrons. The van der Waals surface area contributed by atoms with Crippen LogP contribution in [0.2, 0.25) is 0 Å². The molecule has 0 aliphatic carbocycles. The summed E-state index contributed by atoms with van der Waals surface area (Å²) >= 11 is 0. The van der Waals surface area contributed by atoms with Gasteiger partial charge in [-0.15, -0.1) is 6.58 Å². The molecule has 1 aromatic carbocycles. The second-order valence-electron chi connectivity index (χ2n) is 6.39. The van der Waals surface area contributed by atoms with Crippen LogP contribution in [0.25, 0.3) is 0 Å². The Morgan fingerprint density at radius 2 is 1.90 bits per heavy atom. The molecule has 0 aliphatic heterocycles. The highest BCUT2D eigenvalue weighted by Gasteiger charge is 2.22. The van der Waals surface area contributed by atoms with Crippen molar-refractivity contribution in [3.05, 3.63) is 41.5 Å². The summed E-state index contributed by atoms with van der Waals surface area (Å²) in [5.74, 6) is 1.22. The number of benzene rings is 1. The van der Waals surface area contributed by atoms with E-state index in [-0.39, 0.29) is 11.2 Å². The van der Waals surface area contributed by atoms with Gasteiger partial charge in [0.15, 0.2) is 0 Å². The molecule has 0 amide bonds. The lowest BCUT2D eigenvalue weighted by molar-refractivity contribution is -0.125. The van der Waals surface area contributed by atoms with Crippen LogP contribution in [-0.4, -0.2) is 12.4 Å². The maximum atomic E-state index is 11.5. The third kappa shape index (κ3) is 4.73. The minimum atomic E-state index is -0.255. The number of carbonyl (C=O) groups excluding carboxylic acids is 1. The first-order chi connectivity index (χ1) is 9.79. The van der Waals surface area contributed by atoms with Gasteiger partial charge in [0.1, 0.15) is 11.5 Å². The Bertz CT molecular complexity index is 513. The fraction of sp³-hybridized carbons (Fsp3) is 0.526. The van der Waals surface area contributed by atoms with Gasteiger partial charge in [-0.1, -0.05) is 32.1 Å². The quantitative estimate of drug-likeness (QED) is 0.507. The van der Waals surface area contributed by atoms with E-state index in [1.54, 1.807) is 6.92 Å². The molecule has 2 heteroatoms. The first-order valence-corrected chi connectivity index (χ1v) is 7.63. The van der Waals surface area contributed by atoms with Gasteiger partial charge >= 0.3 is 0 Å². The molecule has 1 aromatic rings. The molecule has 2 nitrogen and oxygen atoms in total. The molecule has 0 radical (unpaired) electrons. The van der Waals surface area contributed by atoms with Crippen molar-refractivity contribution in [1.82, 2.24) is 0 Å². The van der Waals surface area contributed by atoms with E-state index in [4.69, 9.17) is 4.74 Å². The molecule has 0 spiro atoms. The number of hydrogen-bond donors (Lipinski definition) is 0. The molecule has 0 saturated heterocycles. The Balaban J connectivity index is 2.69. The smallest absolute Gasteiger partial charge is 0.135 e. The molecular weight excluding hydrogens is 260 g/mol. The third-order valence-corrected chi connectivity index (χ3v) is 4.19. The van der Waals surface area contributed by atoms with Gasteiger partial charge in [0.25, 0.3) is 0 Å². The average molecular weight is 288 g/mol. The first kappa shape index (κ1) is 17.5. The van der Waals surface area contributed by atoms with Crippen LogP contribution in [0.5, 0.6) is 5.75 Å². The topological polar surface area (TPSA) is 26.3 Å². The lowest BCUT2D eigenvalue weighted by atomic mass is 9.84. The van der Waals surface area contributed by atoms with E-state index >= 15 is 0 Å². The van der Waals surface area contributed by atoms with Gasteiger partial charge in [0, 0.05) is 11.0 Å². The minimum Gasteiger partial charge on any atom is -0.493 e. The van der Waals surface area contributed by atoms with Gasteiger partial charge in [0.2, 0.25) is 0 Å². The Morgan fingerprint density at radius 1 is 1.29 bits per heavy atom. The van der Waals surface area contributed by atoms with Gasteiger partial charge in [-0.3, -0.25) is 4.79 Å². The highest BCUT2D eigenvalue weighted by atomic mass is 16.5. The average Bonchev–Trinajstić information content (AvgIpc) is 2.41. The standard InChI is InChI=1S/C19H28O2/c1-7-9-17-14(2)10-11-15(3)18(17)21-13-8-12-19(5,6)16(4)20/h7,10-11H,1,8-9,12-13H2,2-6H3. The van der Waals surface area contributed by atoms with Crippen molar-refractivity contribution < 1.29 is 9.53 Å². The van der Waals surface area contributed by atoms with Gasteiger partial charge in [-0.2, -0.15) is 0 Å². The highest BCUT2D eigenvalue weighted by molar-refractivity contribution is 5.81. The lowest BCUT2D eigenvalue weighted by Crippen LogP contribution is -2.22. The summed E-state index contributed by atoms with van der Waals surface area (Å²) in [6.07, 6.45) is 4.47. The molecule has 21 heavy (non-hydrogen) atoms. The van der Waals surface area contributed by atoms with Crippen LogP contribution < -0.4 is 4.74 Å². The lowest BCUT2D eigenvalue weighted by Gasteiger charge is -2.21. The SMILES string of the molecule is C=CCc1c(C)ccc(C)c1OCCCC(C)(C)C(C)=O. The van der Waals surface area contributed by atoms with E-state index in [0.717, 1.165) is 30.6 Å². The summed E-state index contributed by atoms with van der Waals surface area (Å²) in [7, 11) is 0. The van der Waals surface area contributed by atoms with Gasteiger partial charge in [-0.25, -0.2) is 0 Å². The van der Waals surface area contributed by atoms with Crippen molar-refractivity contribution in [3.8, 4) is 5.75 Å². The number of allylic oxidation sites excluding steroid dienone is 1. The number of rotatable bonds is 8. The number of ether oxygens (including phenoxy) is 1. The molecule has 1 rings (SSSR count). The zero-order valence-corrected chi connectivity index (χ0v) is 14.1. The van der Waals surface area contributed by atoms with Crippen molar-refractivity contribution in [1.29, 1.82) is 0 Å². The predicted octanol–water partition coefficient (Wildman–Crippen LogP) is 4.81. The summed E-state index contributed by atoms with van der Waals surface area (Å²) in [6, 6.07) is 4.22. The largest absolute Gasteiger partial charge is 0.493 e. The van der Waals surface area contributed by atoms with Crippen molar-refractivity contribution in [2.24, 2.45) is 5.41 Å². The van der Waals surface area contributed by atoms with Crippen LogP contribution in [0.3, 0.4) is 0 Å². The second-order valence-corrected chi connectivity index (χ2v) is 6.39. The van der Waals surface area contributed by atoms with Crippen LogP contribution in [0.1, 0.15) is 50.3 Å². The molecule has 0 saturated carbocycles. The zero-order chi connectivity index (χ0) is 16.0. The van der Waals surface area contributed by atoms with E-state index in [1.165, 1.54) is 11.1 Å². The van der Waals surface area contributed by atoms with Crippen molar-refractivity contribution in [3.63, 3.8) is 0 Å². The number of hydrogen-bond acceptors (Lipinski definition) is 2. The summed E-state index contributed by atoms with van der Waals surface area (Å²) < 4.78 is 6.02. The van der Waals surface area contributed by atoms with Crippen LogP contribution in [0, 0.1) is 19.3 Å². The molecule has 0 bridgehead atoms. The van der Waals surface area contributed by atoms with Crippen LogP contribution in [0.15, 0.2) is 24.8 Å². The van der Waals surface area contributed by atoms with Gasteiger partial charge < -0.3 is 4.74 Å². The fourth-order valence-electron chi connectivity index (χ4n) is 2.31. The van der Waals surface area contributed by atoms with E-state index < -0.39 is 0 Å². The highest BCUT2D eigenvalue weighted by Crippen LogP contribution is 2.29. The molecule has 0 fully saturated rings. The summed E-state index contributed by atoms with van der Waals surface area (Å²) in [5, 5.41) is 0. The Hall–Kier alpha value is -1.57. The van der Waals surface area contributed by atoms with E-state index in [9.17, 15) is 4.79 Å². The van der Waals surface area contributed by atoms with E-state index in [1.807, 2.05) is 19.9 Å². The molecule has 0 unspecified atom stereocenters. The molecule has 0 N–H and O–H groups in total. The zero-order valence-electron chi connectivity index (χ0n) is 14.1. The van der Waals surface area contributed by atoms with Crippen LogP contribution in [-0.2, 0) is 11.2 Å². The summed E-state index contributed by atoms with van der Waals surface area (Å²) in [4.78, 5) is 11.5. The maximum Gasteiger partial charge on any atom is 0.135 e. The molecular formula is C19H28O2. The Kier molecular flexibility index (Phi) is 6.19. The Labute approximate surface area is 129 Å². The van der Waals surface area contributed by atoms with E-state index in [2.05, 4.69) is 32.6 Å². The van der Waals surface area contributed by atoms with Crippen LogP contribution >= 0.6 is 0 Å². The normalized spacial score (nSPS) is 11.3. The molecule has 0 heterocycles. The summed E-state index contributed by atoms with van der Waals surface area (Å²) in [5.41, 5.74) is 3.35. The maximum absolute atomic E-state index is 11.5. The molecule has 0 aliphatic rings. The number of Topliss-reactive ketones (excluding diaryl/α,β-unsaturated/α-hetero) is 1. The summed E-state index contributed by atoms with van der Waals surface area (Å²) in [6.45, 7) is 14.3. The van der Waals surface area contributed by atoms with Gasteiger partial charge in [-0.05, 0) is 51.2 Å². The number of carbonyl (C=O) groups is 1. The van der Waals surface area contributed by atoms with Crippen molar-refractivity contribution in [2.45, 2.75) is 53.9 Å². The van der Waals surface area contributed by atoms with Crippen LogP contribution in [0.4, 0.5) is 0 Å². The first-order valence-electron chi connectivity index (χ1n) is 7.63. The molecule has 0 aromatic heterocycles. The van der Waals surface area contributed by atoms with E-state index in [0.29, 0.717) is 6.61 Å². The van der Waals surface area contributed by atoms with Gasteiger partial charge in [0.05, 0.1) is 6.61 Å². The minimum absolute atomic E-state index is 0.238. The second kappa shape index (κ2) is 7.44. The third-order valence-electron chi connectivity index (χ3n) is 4.19. The van der Waals surface area contributed by atoms with Crippen molar-refractivity contribution in [2.75, 3.05) is 6.61 Å². The number of ketones is 1. The van der Waals surface area contributed by atoms with Crippen molar-refractivity contribution >= 4 is 5.78 Å². The Morgan fingerprint density at radius 3 is 2.48 bits per heavy atom. The predicted molar refractivity (Wildman–Crippen MR) is 89.0 cm³/mol. The number of aryl methyl sites for hydroxylation is 2. The fourth-order valence-corrected chi connectivity index (χ4v) is 2.31. The molecule has 0 atom stereocenters.